The molecule has 0 bridgehead atoms. The summed E-state index contributed by atoms with van der Waals surface area (Å²) < 4.78 is 0. The van der Waals surface area contributed by atoms with Crippen molar-refractivity contribution in [2.75, 3.05) is 18.6 Å². The number of nitrogens with two attached hydrogens (primary N) is 1. The summed E-state index contributed by atoms with van der Waals surface area (Å²) in [5, 5.41) is 9.24. The summed E-state index contributed by atoms with van der Waals surface area (Å²) >= 11 is 0. The number of aliphatic hydroxyl groups excluding tert-OH is 1. The molecule has 0 aromatic carbocycles. The van der Waals surface area contributed by atoms with E-state index in [1.807, 2.05) is 12.1 Å². The van der Waals surface area contributed by atoms with Crippen molar-refractivity contribution in [3.05, 3.63) is 23.9 Å². The molecule has 1 fully saturated rings. The largest absolute Gasteiger partial charge is 0.395 e. The molecule has 1 aromatic heterocycles. The number of hydrogen-bond acceptors (Lipinski definition) is 5. The fourth-order valence-electron chi connectivity index (χ4n) is 2.23. The minimum atomic E-state index is 0.228. The lowest BCUT2D eigenvalue weighted by Crippen LogP contribution is -2.32. The number of nitrogens with zero attached hydrogens (tertiary/aromatic N) is 2. The van der Waals surface area contributed by atoms with Crippen LogP contribution in [-0.4, -0.2) is 34.2 Å². The molecular formula is C11H18N4O. The molecule has 1 aromatic rings. The van der Waals surface area contributed by atoms with Gasteiger partial charge in [0.15, 0.2) is 0 Å². The molecule has 5 nitrogen and oxygen atoms in total. The van der Waals surface area contributed by atoms with Gasteiger partial charge in [0, 0.05) is 24.3 Å². The van der Waals surface area contributed by atoms with E-state index in [0.717, 1.165) is 31.5 Å². The molecular weight excluding hydrogens is 204 g/mol. The normalized spacial score (nSPS) is 21.2. The van der Waals surface area contributed by atoms with E-state index in [1.165, 1.54) is 0 Å². The molecule has 1 aliphatic rings. The molecule has 2 rings (SSSR count). The summed E-state index contributed by atoms with van der Waals surface area (Å²) in [5.41, 5.74) is 3.68. The maximum Gasteiger partial charge on any atom is 0.144 e. The van der Waals surface area contributed by atoms with Crippen molar-refractivity contribution in [1.29, 1.82) is 0 Å². The van der Waals surface area contributed by atoms with E-state index in [4.69, 9.17) is 5.84 Å². The summed E-state index contributed by atoms with van der Waals surface area (Å²) in [6.45, 7) is 2.05. The summed E-state index contributed by atoms with van der Waals surface area (Å²) in [7, 11) is 0. The number of pyridine rings is 1. The smallest absolute Gasteiger partial charge is 0.144 e. The molecule has 5 heteroatoms. The van der Waals surface area contributed by atoms with E-state index >= 15 is 0 Å². The first-order chi connectivity index (χ1) is 7.85. The lowest BCUT2D eigenvalue weighted by Gasteiger charge is -2.23. The molecule has 1 atom stereocenters. The number of rotatable bonds is 4. The number of hydrogen-bond donors (Lipinski definition) is 3. The Balaban J connectivity index is 2.08. The van der Waals surface area contributed by atoms with Gasteiger partial charge in [-0.1, -0.05) is 6.07 Å². The van der Waals surface area contributed by atoms with Gasteiger partial charge in [0.2, 0.25) is 0 Å². The Labute approximate surface area is 95.2 Å². The van der Waals surface area contributed by atoms with Crippen LogP contribution in [0.4, 0.5) is 5.82 Å². The standard InChI is InChI=1S/C11H18N4O/c12-14-11-9(3-1-5-13-11)7-15-6-2-4-10(15)8-16/h1,3,5,10,16H,2,4,6-8,12H2,(H,13,14). The fraction of sp³-hybridized carbons (Fsp3) is 0.545. The third kappa shape index (κ3) is 2.32. The van der Waals surface area contributed by atoms with Gasteiger partial charge < -0.3 is 10.5 Å². The third-order valence-electron chi connectivity index (χ3n) is 3.11. The molecule has 0 aliphatic carbocycles. The number of likely N-dealkylation sites (tertiary alicyclic amines) is 1. The first-order valence-electron chi connectivity index (χ1n) is 5.60. The van der Waals surface area contributed by atoms with E-state index in [2.05, 4.69) is 15.3 Å². The zero-order chi connectivity index (χ0) is 11.4. The van der Waals surface area contributed by atoms with Crippen LogP contribution in [0.2, 0.25) is 0 Å². The second-order valence-electron chi connectivity index (χ2n) is 4.10. The Kier molecular flexibility index (Phi) is 3.71. The van der Waals surface area contributed by atoms with Gasteiger partial charge in [-0.15, -0.1) is 0 Å². The van der Waals surface area contributed by atoms with Crippen LogP contribution >= 0.6 is 0 Å². The summed E-state index contributed by atoms with van der Waals surface area (Å²) in [6.07, 6.45) is 3.94. The van der Waals surface area contributed by atoms with Gasteiger partial charge >= 0.3 is 0 Å². The number of anilines is 1. The Morgan fingerprint density at radius 2 is 2.50 bits per heavy atom. The Morgan fingerprint density at radius 1 is 1.62 bits per heavy atom. The minimum absolute atomic E-state index is 0.228. The first kappa shape index (κ1) is 11.3. The van der Waals surface area contributed by atoms with E-state index < -0.39 is 0 Å². The Bertz CT molecular complexity index is 345. The molecule has 0 amide bonds. The van der Waals surface area contributed by atoms with Crippen LogP contribution < -0.4 is 11.3 Å². The maximum absolute atomic E-state index is 9.24. The van der Waals surface area contributed by atoms with Gasteiger partial charge in [-0.25, -0.2) is 10.8 Å². The average molecular weight is 222 g/mol. The van der Waals surface area contributed by atoms with Crippen LogP contribution in [0, 0.1) is 0 Å². The number of hydrazine groups is 1. The molecule has 0 saturated carbocycles. The summed E-state index contributed by atoms with van der Waals surface area (Å²) in [5.74, 6) is 6.13. The van der Waals surface area contributed by atoms with Crippen molar-refractivity contribution in [3.8, 4) is 0 Å². The average Bonchev–Trinajstić information content (AvgIpc) is 2.77. The lowest BCUT2D eigenvalue weighted by atomic mass is 10.2. The molecule has 16 heavy (non-hydrogen) atoms. The van der Waals surface area contributed by atoms with Gasteiger partial charge in [0.25, 0.3) is 0 Å². The number of aliphatic hydroxyl groups is 1. The zero-order valence-electron chi connectivity index (χ0n) is 9.26. The molecule has 1 unspecified atom stereocenters. The van der Waals surface area contributed by atoms with Crippen LogP contribution in [0.3, 0.4) is 0 Å². The molecule has 1 saturated heterocycles. The van der Waals surface area contributed by atoms with Crippen LogP contribution in [0.25, 0.3) is 0 Å². The monoisotopic (exact) mass is 222 g/mol. The highest BCUT2D eigenvalue weighted by Crippen LogP contribution is 2.21. The highest BCUT2D eigenvalue weighted by atomic mass is 16.3. The molecule has 0 radical (unpaired) electrons. The minimum Gasteiger partial charge on any atom is -0.395 e. The van der Waals surface area contributed by atoms with Crippen LogP contribution in [0.5, 0.6) is 0 Å². The predicted molar refractivity (Wildman–Crippen MR) is 62.6 cm³/mol. The van der Waals surface area contributed by atoms with Crippen molar-refractivity contribution < 1.29 is 5.11 Å². The van der Waals surface area contributed by atoms with Crippen molar-refractivity contribution in [2.24, 2.45) is 5.84 Å². The zero-order valence-corrected chi connectivity index (χ0v) is 9.26. The predicted octanol–water partition coefficient (Wildman–Crippen LogP) is 0.324. The van der Waals surface area contributed by atoms with Crippen molar-refractivity contribution >= 4 is 5.82 Å². The summed E-state index contributed by atoms with van der Waals surface area (Å²) in [6, 6.07) is 4.20. The SMILES string of the molecule is NNc1ncccc1CN1CCCC1CO. The fourth-order valence-corrected chi connectivity index (χ4v) is 2.23. The molecule has 88 valence electrons. The highest BCUT2D eigenvalue weighted by Gasteiger charge is 2.24. The maximum atomic E-state index is 9.24. The number of nitrogen functional groups attached to an aromatic ring is 1. The molecule has 0 spiro atoms. The topological polar surface area (TPSA) is 74.4 Å². The van der Waals surface area contributed by atoms with E-state index in [1.54, 1.807) is 6.20 Å². The van der Waals surface area contributed by atoms with Crippen molar-refractivity contribution in [1.82, 2.24) is 9.88 Å². The van der Waals surface area contributed by atoms with E-state index in [9.17, 15) is 5.11 Å². The van der Waals surface area contributed by atoms with E-state index in [0.29, 0.717) is 5.82 Å². The molecule has 4 N–H and O–H groups in total. The summed E-state index contributed by atoms with van der Waals surface area (Å²) in [4.78, 5) is 6.44. The molecule has 2 heterocycles. The first-order valence-corrected chi connectivity index (χ1v) is 5.60. The second-order valence-corrected chi connectivity index (χ2v) is 4.10. The quantitative estimate of drug-likeness (QED) is 0.505. The van der Waals surface area contributed by atoms with Crippen molar-refractivity contribution in [2.45, 2.75) is 25.4 Å². The second kappa shape index (κ2) is 5.25. The molecule has 1 aliphatic heterocycles. The highest BCUT2D eigenvalue weighted by molar-refractivity contribution is 5.42. The number of aromatic nitrogens is 1. The van der Waals surface area contributed by atoms with Gasteiger partial charge in [0.1, 0.15) is 5.82 Å². The van der Waals surface area contributed by atoms with Crippen LogP contribution in [0.15, 0.2) is 18.3 Å². The third-order valence-corrected chi connectivity index (χ3v) is 3.11. The Hall–Kier alpha value is -1.17. The van der Waals surface area contributed by atoms with Crippen molar-refractivity contribution in [3.63, 3.8) is 0 Å². The van der Waals surface area contributed by atoms with Crippen LogP contribution in [0.1, 0.15) is 18.4 Å². The van der Waals surface area contributed by atoms with Gasteiger partial charge in [-0.2, -0.15) is 0 Å². The van der Waals surface area contributed by atoms with Crippen LogP contribution in [-0.2, 0) is 6.54 Å². The van der Waals surface area contributed by atoms with E-state index in [-0.39, 0.29) is 12.6 Å². The van der Waals surface area contributed by atoms with Gasteiger partial charge in [0.05, 0.1) is 6.61 Å². The van der Waals surface area contributed by atoms with Gasteiger partial charge in [-0.05, 0) is 25.5 Å². The lowest BCUT2D eigenvalue weighted by molar-refractivity contribution is 0.153. The van der Waals surface area contributed by atoms with Gasteiger partial charge in [-0.3, -0.25) is 4.90 Å². The Morgan fingerprint density at radius 3 is 3.25 bits per heavy atom. The number of nitrogens with one attached hydrogen (secondary N) is 1.